The van der Waals surface area contributed by atoms with Crippen molar-refractivity contribution < 1.29 is 59.2 Å². The Morgan fingerprint density at radius 3 is 2.31 bits per heavy atom. The van der Waals surface area contributed by atoms with Gasteiger partial charge in [-0.05, 0) is 0 Å². The van der Waals surface area contributed by atoms with Gasteiger partial charge in [-0.15, -0.1) is 0 Å². The molecule has 4 rings (SSSR count). The predicted octanol–water partition coefficient (Wildman–Crippen LogP) is -0.626. The highest BCUT2D eigenvalue weighted by atomic mass is 16.7. The first-order valence-electron chi connectivity index (χ1n) is 10.4. The van der Waals surface area contributed by atoms with Crippen LogP contribution in [0.2, 0.25) is 0 Å². The van der Waals surface area contributed by atoms with Crippen LogP contribution in [0.3, 0.4) is 0 Å². The molecule has 1 aliphatic rings. The van der Waals surface area contributed by atoms with Gasteiger partial charge in [0.2, 0.25) is 12.0 Å². The van der Waals surface area contributed by atoms with E-state index in [0.29, 0.717) is 5.56 Å². The second kappa shape index (κ2) is 9.56. The number of rotatable bonds is 6. The highest BCUT2D eigenvalue weighted by Crippen LogP contribution is 2.48. The van der Waals surface area contributed by atoms with Gasteiger partial charge < -0.3 is 54.4 Å². The van der Waals surface area contributed by atoms with Crippen LogP contribution in [0.5, 0.6) is 17.2 Å². The van der Waals surface area contributed by atoms with Gasteiger partial charge in [0.1, 0.15) is 35.6 Å². The number of phenols is 2. The Hall–Kier alpha value is -4.01. The number of aliphatic hydroxyl groups excluding tert-OH is 4. The second-order valence-electron chi connectivity index (χ2n) is 7.92. The van der Waals surface area contributed by atoms with E-state index in [2.05, 4.69) is 0 Å². The van der Waals surface area contributed by atoms with Gasteiger partial charge in [-0.25, -0.2) is 4.79 Å². The Morgan fingerprint density at radius 2 is 1.69 bits per heavy atom. The third-order valence-corrected chi connectivity index (χ3v) is 5.64. The molecule has 2 aromatic carbocycles. The fourth-order valence-electron chi connectivity index (χ4n) is 3.83. The number of benzene rings is 2. The van der Waals surface area contributed by atoms with Crippen molar-refractivity contribution >= 4 is 23.2 Å². The minimum Gasteiger partial charge on any atom is -0.504 e. The Labute approximate surface area is 200 Å². The largest absolute Gasteiger partial charge is 0.504 e. The molecule has 0 amide bonds. The second-order valence-corrected chi connectivity index (χ2v) is 7.92. The third kappa shape index (κ3) is 4.14. The van der Waals surface area contributed by atoms with Crippen LogP contribution in [0.25, 0.3) is 22.3 Å². The average Bonchev–Trinajstić information content (AvgIpc) is 2.86. The summed E-state index contributed by atoms with van der Waals surface area (Å²) < 4.78 is 16.0. The number of fused-ring (bicyclic) bond motifs is 1. The van der Waals surface area contributed by atoms with Gasteiger partial charge in [0.15, 0.2) is 34.9 Å². The van der Waals surface area contributed by atoms with E-state index in [0.717, 1.165) is 6.07 Å². The van der Waals surface area contributed by atoms with Gasteiger partial charge >= 0.3 is 5.97 Å². The molecule has 0 bridgehead atoms. The smallest absolute Gasteiger partial charge is 0.335 e. The summed E-state index contributed by atoms with van der Waals surface area (Å²) in [4.78, 5) is 35.7. The van der Waals surface area contributed by atoms with Crippen LogP contribution in [-0.2, 0) is 14.3 Å². The van der Waals surface area contributed by atoms with E-state index in [9.17, 15) is 50.1 Å². The van der Waals surface area contributed by atoms with E-state index in [1.165, 1.54) is 0 Å². The summed E-state index contributed by atoms with van der Waals surface area (Å²) in [6.45, 7) is 0. The Bertz CT molecular complexity index is 1370. The lowest BCUT2D eigenvalue weighted by Gasteiger charge is -2.38. The molecule has 0 radical (unpaired) electrons. The summed E-state index contributed by atoms with van der Waals surface area (Å²) in [7, 11) is 0. The summed E-state index contributed by atoms with van der Waals surface area (Å²) >= 11 is 0. The van der Waals surface area contributed by atoms with Crippen molar-refractivity contribution in [1.82, 2.24) is 0 Å². The number of aliphatic carboxylic acids is 1. The lowest BCUT2D eigenvalue weighted by molar-refractivity contribution is -0.271. The van der Waals surface area contributed by atoms with Crippen molar-refractivity contribution in [2.24, 2.45) is 0 Å². The predicted molar refractivity (Wildman–Crippen MR) is 117 cm³/mol. The Balaban J connectivity index is 1.94. The molecule has 1 aliphatic heterocycles. The van der Waals surface area contributed by atoms with E-state index in [-0.39, 0.29) is 12.0 Å². The number of aldehydes is 1. The van der Waals surface area contributed by atoms with Gasteiger partial charge in [-0.1, -0.05) is 30.3 Å². The van der Waals surface area contributed by atoms with Gasteiger partial charge in [0.25, 0.3) is 0 Å². The number of phenolic OH excluding ortho intramolecular Hbond substituents is 2. The van der Waals surface area contributed by atoms with Crippen LogP contribution in [-0.4, -0.2) is 78.7 Å². The van der Waals surface area contributed by atoms with Crippen LogP contribution in [0.1, 0.15) is 11.7 Å². The minimum absolute atomic E-state index is 0.00980. The van der Waals surface area contributed by atoms with Crippen molar-refractivity contribution in [3.63, 3.8) is 0 Å². The molecule has 1 fully saturated rings. The number of carboxylic acid groups (broad SMARTS) is 1. The normalized spacial score (nSPS) is 24.8. The van der Waals surface area contributed by atoms with Crippen molar-refractivity contribution in [2.45, 2.75) is 36.8 Å². The van der Waals surface area contributed by atoms with Crippen LogP contribution in [0.4, 0.5) is 0 Å². The Kier molecular flexibility index (Phi) is 6.67. The van der Waals surface area contributed by atoms with E-state index in [1.807, 2.05) is 0 Å². The molecule has 6 atom stereocenters. The van der Waals surface area contributed by atoms with E-state index < -0.39 is 82.0 Å². The number of ether oxygens (including phenoxy) is 2. The highest BCUT2D eigenvalue weighted by Gasteiger charge is 2.48. The fourth-order valence-corrected chi connectivity index (χ4v) is 3.83. The highest BCUT2D eigenvalue weighted by molar-refractivity contribution is 5.94. The molecular formula is C23H20O13. The number of hydrogen-bond acceptors (Lipinski definition) is 12. The summed E-state index contributed by atoms with van der Waals surface area (Å²) in [5, 5.41) is 70.3. The molecule has 13 nitrogen and oxygen atoms in total. The molecular weight excluding hydrogens is 484 g/mol. The maximum absolute atomic E-state index is 12.8. The van der Waals surface area contributed by atoms with Crippen molar-refractivity contribution in [3.8, 4) is 28.6 Å². The lowest BCUT2D eigenvalue weighted by Crippen LogP contribution is -2.61. The van der Waals surface area contributed by atoms with Crippen LogP contribution >= 0.6 is 0 Å². The molecule has 0 aliphatic carbocycles. The first-order valence-corrected chi connectivity index (χ1v) is 10.4. The average molecular weight is 504 g/mol. The van der Waals surface area contributed by atoms with Gasteiger partial charge in [0, 0.05) is 11.6 Å². The molecule has 2 heterocycles. The van der Waals surface area contributed by atoms with Crippen LogP contribution in [0, 0.1) is 0 Å². The SMILES string of the molecule is O=CC(O)c1c(O[C@@H]2O[C@H](C(=O)O)[C@@H](O)[C@H](O)[C@H]2O)c(O)c(O)c2c(=O)cc(-c3ccccc3)oc12. The fraction of sp³-hybridized carbons (Fsp3) is 0.261. The molecule has 190 valence electrons. The standard InChI is InChI=1S/C23H20O13/c24-7-10(26)13-19-12(9(25)6-11(34-19)8-4-2-1-3-5-8)14(27)16(29)20(13)35-23-18(31)15(28)17(30)21(36-23)22(32)33/h1-7,10,15,17-18,21,23,26-31H,(H,32,33)/t10?,15-,17-,18+,21-,23+/m0/s1. The number of carboxylic acids is 1. The van der Waals surface area contributed by atoms with E-state index in [4.69, 9.17) is 13.9 Å². The van der Waals surface area contributed by atoms with Crippen LogP contribution in [0.15, 0.2) is 45.6 Å². The summed E-state index contributed by atoms with van der Waals surface area (Å²) in [5.41, 5.74) is -1.67. The number of aromatic hydroxyl groups is 2. The number of aliphatic hydroxyl groups is 4. The molecule has 0 spiro atoms. The Morgan fingerprint density at radius 1 is 1.03 bits per heavy atom. The van der Waals surface area contributed by atoms with Crippen molar-refractivity contribution in [2.75, 3.05) is 0 Å². The lowest BCUT2D eigenvalue weighted by atomic mass is 9.98. The zero-order valence-electron chi connectivity index (χ0n) is 18.1. The minimum atomic E-state index is -2.12. The molecule has 3 aromatic rings. The van der Waals surface area contributed by atoms with E-state index >= 15 is 0 Å². The van der Waals surface area contributed by atoms with Gasteiger partial charge in [-0.3, -0.25) is 4.79 Å². The maximum Gasteiger partial charge on any atom is 0.335 e. The van der Waals surface area contributed by atoms with Crippen molar-refractivity contribution in [3.05, 3.63) is 52.2 Å². The summed E-state index contributed by atoms with van der Waals surface area (Å²) in [5.74, 6) is -4.93. The topological polar surface area (TPSA) is 224 Å². The zero-order valence-corrected chi connectivity index (χ0v) is 18.1. The monoisotopic (exact) mass is 504 g/mol. The number of hydrogen-bond donors (Lipinski definition) is 7. The quantitative estimate of drug-likeness (QED) is 0.164. The zero-order chi connectivity index (χ0) is 26.3. The first kappa shape index (κ1) is 25.1. The van der Waals surface area contributed by atoms with Crippen molar-refractivity contribution in [1.29, 1.82) is 0 Å². The van der Waals surface area contributed by atoms with E-state index in [1.54, 1.807) is 30.3 Å². The van der Waals surface area contributed by atoms with Gasteiger partial charge in [0.05, 0.1) is 5.56 Å². The number of carbonyl (C=O) groups is 2. The summed E-state index contributed by atoms with van der Waals surface area (Å²) in [6, 6.07) is 9.17. The van der Waals surface area contributed by atoms with Crippen LogP contribution < -0.4 is 10.2 Å². The molecule has 1 aromatic heterocycles. The van der Waals surface area contributed by atoms with Gasteiger partial charge in [-0.2, -0.15) is 0 Å². The number of carbonyl (C=O) groups excluding carboxylic acids is 1. The third-order valence-electron chi connectivity index (χ3n) is 5.64. The maximum atomic E-state index is 12.8. The molecule has 13 heteroatoms. The molecule has 1 saturated heterocycles. The summed E-state index contributed by atoms with van der Waals surface area (Å²) in [6.07, 6.45) is -12.5. The molecule has 1 unspecified atom stereocenters. The molecule has 7 N–H and O–H groups in total. The first-order chi connectivity index (χ1) is 17.1. The molecule has 36 heavy (non-hydrogen) atoms. The molecule has 0 saturated carbocycles.